The average Bonchev–Trinajstić information content (AvgIpc) is 2.69. The molecule has 0 heterocycles. The monoisotopic (exact) mass is 376 g/mol. The highest BCUT2D eigenvalue weighted by Gasteiger charge is 2.26. The molecule has 0 radical (unpaired) electrons. The number of para-hydroxylation sites is 1. The highest BCUT2D eigenvalue weighted by Crippen LogP contribution is 2.28. The van der Waals surface area contributed by atoms with Crippen molar-refractivity contribution in [3.63, 3.8) is 0 Å². The molecule has 0 amide bonds. The number of carboxylic acids is 1. The van der Waals surface area contributed by atoms with Crippen molar-refractivity contribution in [1.29, 1.82) is 0 Å². The van der Waals surface area contributed by atoms with Crippen LogP contribution in [0.3, 0.4) is 0 Å². The highest BCUT2D eigenvalue weighted by molar-refractivity contribution is 5.89. The van der Waals surface area contributed by atoms with E-state index in [1.165, 1.54) is 0 Å². The number of rotatable bonds is 8. The lowest BCUT2D eigenvalue weighted by atomic mass is 9.82. The van der Waals surface area contributed by atoms with Crippen molar-refractivity contribution in [1.82, 2.24) is 0 Å². The number of benzene rings is 3. The molecule has 3 aromatic rings. The maximum absolute atomic E-state index is 11.5. The fourth-order valence-electron chi connectivity index (χ4n) is 3.08. The van der Waals surface area contributed by atoms with Crippen LogP contribution in [0.5, 0.6) is 11.5 Å². The van der Waals surface area contributed by atoms with Crippen LogP contribution in [0, 0.1) is 0 Å². The Morgan fingerprint density at radius 1 is 0.893 bits per heavy atom. The van der Waals surface area contributed by atoms with Gasteiger partial charge in [-0.1, -0.05) is 62.4 Å². The van der Waals surface area contributed by atoms with Crippen molar-refractivity contribution in [2.75, 3.05) is 6.61 Å². The summed E-state index contributed by atoms with van der Waals surface area (Å²) in [6.45, 7) is 4.80. The SMILES string of the molecule is CC(C)(COCc1cccc(Oc2ccccc2)c1)c1ccccc1C(=O)O. The van der Waals surface area contributed by atoms with E-state index in [9.17, 15) is 9.90 Å². The van der Waals surface area contributed by atoms with Crippen molar-refractivity contribution in [3.05, 3.63) is 95.6 Å². The van der Waals surface area contributed by atoms with E-state index >= 15 is 0 Å². The van der Waals surface area contributed by atoms with E-state index < -0.39 is 11.4 Å². The van der Waals surface area contributed by atoms with Crippen LogP contribution >= 0.6 is 0 Å². The third-order valence-corrected chi connectivity index (χ3v) is 4.50. The van der Waals surface area contributed by atoms with Gasteiger partial charge in [0.1, 0.15) is 11.5 Å². The molecule has 0 spiro atoms. The Kier molecular flexibility index (Phi) is 6.12. The fourth-order valence-corrected chi connectivity index (χ4v) is 3.08. The van der Waals surface area contributed by atoms with Gasteiger partial charge >= 0.3 is 5.97 Å². The van der Waals surface area contributed by atoms with Crippen molar-refractivity contribution >= 4 is 5.97 Å². The van der Waals surface area contributed by atoms with E-state index in [1.54, 1.807) is 12.1 Å². The Morgan fingerprint density at radius 3 is 2.32 bits per heavy atom. The van der Waals surface area contributed by atoms with E-state index in [4.69, 9.17) is 9.47 Å². The molecule has 144 valence electrons. The fraction of sp³-hybridized carbons (Fsp3) is 0.208. The van der Waals surface area contributed by atoms with E-state index in [-0.39, 0.29) is 0 Å². The summed E-state index contributed by atoms with van der Waals surface area (Å²) in [5, 5.41) is 9.43. The third kappa shape index (κ3) is 4.99. The van der Waals surface area contributed by atoms with Gasteiger partial charge in [-0.2, -0.15) is 0 Å². The van der Waals surface area contributed by atoms with Gasteiger partial charge in [0.15, 0.2) is 0 Å². The average molecular weight is 376 g/mol. The van der Waals surface area contributed by atoms with Gasteiger partial charge in [0.05, 0.1) is 18.8 Å². The molecule has 0 saturated heterocycles. The maximum Gasteiger partial charge on any atom is 0.335 e. The Hall–Kier alpha value is -3.11. The Labute approximate surface area is 165 Å². The number of carbonyl (C=O) groups is 1. The molecule has 0 atom stereocenters. The van der Waals surface area contributed by atoms with E-state index in [1.807, 2.05) is 80.6 Å². The third-order valence-electron chi connectivity index (χ3n) is 4.50. The first kappa shape index (κ1) is 19.6. The lowest BCUT2D eigenvalue weighted by Crippen LogP contribution is -2.27. The second-order valence-electron chi connectivity index (χ2n) is 7.29. The van der Waals surface area contributed by atoms with Gasteiger partial charge in [-0.3, -0.25) is 0 Å². The van der Waals surface area contributed by atoms with E-state index in [0.717, 1.165) is 22.6 Å². The largest absolute Gasteiger partial charge is 0.478 e. The summed E-state index contributed by atoms with van der Waals surface area (Å²) in [6.07, 6.45) is 0. The first-order valence-electron chi connectivity index (χ1n) is 9.18. The zero-order chi connectivity index (χ0) is 20.0. The molecule has 0 fully saturated rings. The molecular weight excluding hydrogens is 352 g/mol. The summed E-state index contributed by atoms with van der Waals surface area (Å²) in [5.41, 5.74) is 1.65. The Morgan fingerprint density at radius 2 is 1.57 bits per heavy atom. The van der Waals surface area contributed by atoms with Crippen molar-refractivity contribution in [2.45, 2.75) is 25.9 Å². The molecule has 0 bridgehead atoms. The highest BCUT2D eigenvalue weighted by atomic mass is 16.5. The number of ether oxygens (including phenoxy) is 2. The summed E-state index contributed by atoms with van der Waals surface area (Å²) >= 11 is 0. The first-order chi connectivity index (χ1) is 13.5. The smallest absolute Gasteiger partial charge is 0.335 e. The van der Waals surface area contributed by atoms with Gasteiger partial charge in [0.2, 0.25) is 0 Å². The van der Waals surface area contributed by atoms with Crippen LogP contribution < -0.4 is 4.74 Å². The molecule has 3 rings (SSSR count). The number of hydrogen-bond donors (Lipinski definition) is 1. The predicted molar refractivity (Wildman–Crippen MR) is 109 cm³/mol. The topological polar surface area (TPSA) is 55.8 Å². The minimum absolute atomic E-state index is 0.314. The van der Waals surface area contributed by atoms with Crippen LogP contribution in [-0.4, -0.2) is 17.7 Å². The molecular formula is C24H24O4. The first-order valence-corrected chi connectivity index (χ1v) is 9.18. The number of aromatic carboxylic acids is 1. The van der Waals surface area contributed by atoms with Crippen molar-refractivity contribution in [3.8, 4) is 11.5 Å². The van der Waals surface area contributed by atoms with E-state index in [2.05, 4.69) is 0 Å². The van der Waals surface area contributed by atoms with Crippen LogP contribution in [0.2, 0.25) is 0 Å². The molecule has 0 aliphatic heterocycles. The van der Waals surface area contributed by atoms with Crippen molar-refractivity contribution in [2.24, 2.45) is 0 Å². The lowest BCUT2D eigenvalue weighted by molar-refractivity contribution is 0.0678. The molecule has 0 aromatic heterocycles. The minimum atomic E-state index is -0.922. The molecule has 0 unspecified atom stereocenters. The Bertz CT molecular complexity index is 932. The standard InChI is InChI=1S/C24H24O4/c1-24(2,22-14-7-6-13-21(22)23(25)26)17-27-16-18-9-8-12-20(15-18)28-19-10-4-3-5-11-19/h3-15H,16-17H2,1-2H3,(H,25,26). The van der Waals surface area contributed by atoms with Gasteiger partial charge in [-0.25, -0.2) is 4.79 Å². The van der Waals surface area contributed by atoms with Gasteiger partial charge in [-0.15, -0.1) is 0 Å². The van der Waals surface area contributed by atoms with Crippen LogP contribution in [0.4, 0.5) is 0 Å². The zero-order valence-electron chi connectivity index (χ0n) is 16.1. The van der Waals surface area contributed by atoms with Crippen LogP contribution in [0.15, 0.2) is 78.9 Å². The molecule has 4 nitrogen and oxygen atoms in total. The summed E-state index contributed by atoms with van der Waals surface area (Å²) < 4.78 is 11.8. The second kappa shape index (κ2) is 8.72. The summed E-state index contributed by atoms with van der Waals surface area (Å²) in [6, 6.07) is 24.5. The van der Waals surface area contributed by atoms with E-state index in [0.29, 0.717) is 18.8 Å². The minimum Gasteiger partial charge on any atom is -0.478 e. The number of carboxylic acid groups (broad SMARTS) is 1. The summed E-state index contributed by atoms with van der Waals surface area (Å²) in [7, 11) is 0. The van der Waals surface area contributed by atoms with Gasteiger partial charge < -0.3 is 14.6 Å². The Balaban J connectivity index is 1.63. The lowest BCUT2D eigenvalue weighted by Gasteiger charge is -2.26. The second-order valence-corrected chi connectivity index (χ2v) is 7.29. The quantitative estimate of drug-likeness (QED) is 0.550. The van der Waals surface area contributed by atoms with Gasteiger partial charge in [0.25, 0.3) is 0 Å². The normalized spacial score (nSPS) is 11.2. The van der Waals surface area contributed by atoms with Gasteiger partial charge in [0, 0.05) is 5.41 Å². The molecule has 1 N–H and O–H groups in total. The molecule has 3 aromatic carbocycles. The summed E-state index contributed by atoms with van der Waals surface area (Å²) in [4.78, 5) is 11.5. The summed E-state index contributed by atoms with van der Waals surface area (Å²) in [5.74, 6) is 0.615. The van der Waals surface area contributed by atoms with Crippen LogP contribution in [0.1, 0.15) is 35.3 Å². The predicted octanol–water partition coefficient (Wildman–Crippen LogP) is 5.67. The van der Waals surface area contributed by atoms with Crippen LogP contribution in [0.25, 0.3) is 0 Å². The molecule has 28 heavy (non-hydrogen) atoms. The van der Waals surface area contributed by atoms with Crippen LogP contribution in [-0.2, 0) is 16.8 Å². The van der Waals surface area contributed by atoms with Crippen molar-refractivity contribution < 1.29 is 19.4 Å². The number of hydrogen-bond acceptors (Lipinski definition) is 3. The molecule has 4 heteroatoms. The molecule has 0 aliphatic carbocycles. The maximum atomic E-state index is 11.5. The molecule has 0 saturated carbocycles. The zero-order valence-corrected chi connectivity index (χ0v) is 16.1. The molecule has 0 aliphatic rings. The van der Waals surface area contributed by atoms with Gasteiger partial charge in [-0.05, 0) is 41.5 Å².